The molecule has 0 bridgehead atoms. The maximum absolute atomic E-state index is 11.7. The molecule has 0 aromatic heterocycles. The molecule has 0 aliphatic heterocycles. The van der Waals surface area contributed by atoms with E-state index in [1.54, 1.807) is 6.92 Å². The highest BCUT2D eigenvalue weighted by atomic mass is 16.5. The molecule has 128 valence electrons. The van der Waals surface area contributed by atoms with Gasteiger partial charge < -0.3 is 20.7 Å². The second-order valence-electron chi connectivity index (χ2n) is 5.83. The first kappa shape index (κ1) is 20.2. The number of nitrogens with zero attached hydrogens (tertiary/aromatic N) is 1. The molecule has 0 aliphatic rings. The first-order valence-corrected chi connectivity index (χ1v) is 7.77. The van der Waals surface area contributed by atoms with Crippen molar-refractivity contribution in [3.8, 4) is 0 Å². The predicted molar refractivity (Wildman–Crippen MR) is 87.7 cm³/mol. The summed E-state index contributed by atoms with van der Waals surface area (Å²) in [5.74, 6) is 0.238. The normalized spacial score (nSPS) is 11.8. The van der Waals surface area contributed by atoms with Crippen LogP contribution in [0.25, 0.3) is 0 Å². The number of carbonyl (C=O) groups excluding carboxylic acids is 2. The molecule has 0 aliphatic carbocycles. The smallest absolute Gasteiger partial charge is 0.305 e. The maximum atomic E-state index is 11.7. The van der Waals surface area contributed by atoms with E-state index >= 15 is 0 Å². The Balaban J connectivity index is 4.16. The molecule has 0 rings (SSSR count). The maximum Gasteiger partial charge on any atom is 0.305 e. The Hall–Kier alpha value is -1.79. The van der Waals surface area contributed by atoms with E-state index in [0.717, 1.165) is 0 Å². The number of nitrogens with one attached hydrogen (secondary N) is 3. The highest BCUT2D eigenvalue weighted by molar-refractivity contribution is 5.85. The molecular formula is C15H30N4O3. The van der Waals surface area contributed by atoms with Crippen molar-refractivity contribution >= 4 is 17.8 Å². The number of aliphatic imine (C=N–C) groups is 1. The monoisotopic (exact) mass is 314 g/mol. The lowest BCUT2D eigenvalue weighted by atomic mass is 10.1. The summed E-state index contributed by atoms with van der Waals surface area (Å²) in [5, 5.41) is 8.99. The molecule has 7 nitrogen and oxygen atoms in total. The van der Waals surface area contributed by atoms with Crippen LogP contribution in [0.2, 0.25) is 0 Å². The van der Waals surface area contributed by atoms with Gasteiger partial charge in [0.15, 0.2) is 5.96 Å². The number of ether oxygens (including phenoxy) is 1. The van der Waals surface area contributed by atoms with Crippen LogP contribution in [0, 0.1) is 0 Å². The fraction of sp³-hybridized carbons (Fsp3) is 0.800. The minimum atomic E-state index is -0.266. The Kier molecular flexibility index (Phi) is 9.98. The molecule has 0 aromatic rings. The lowest BCUT2D eigenvalue weighted by Gasteiger charge is -2.20. The predicted octanol–water partition coefficient (Wildman–Crippen LogP) is 0.800. The zero-order valence-corrected chi connectivity index (χ0v) is 14.4. The molecule has 3 N–H and O–H groups in total. The summed E-state index contributed by atoms with van der Waals surface area (Å²) >= 11 is 0. The van der Waals surface area contributed by atoms with E-state index in [1.807, 2.05) is 27.7 Å². The molecule has 1 amide bonds. The van der Waals surface area contributed by atoms with Crippen LogP contribution in [0.3, 0.4) is 0 Å². The Morgan fingerprint density at radius 2 is 1.82 bits per heavy atom. The van der Waals surface area contributed by atoms with E-state index in [4.69, 9.17) is 4.74 Å². The highest BCUT2D eigenvalue weighted by Gasteiger charge is 2.13. The third-order valence-electron chi connectivity index (χ3n) is 2.39. The molecular weight excluding hydrogens is 284 g/mol. The number of hydrogen-bond acceptors (Lipinski definition) is 4. The molecule has 0 fully saturated rings. The first-order valence-electron chi connectivity index (χ1n) is 7.77. The Labute approximate surface area is 133 Å². The molecule has 0 atom stereocenters. The van der Waals surface area contributed by atoms with Gasteiger partial charge in [-0.2, -0.15) is 0 Å². The zero-order valence-electron chi connectivity index (χ0n) is 14.4. The van der Waals surface area contributed by atoms with E-state index in [0.29, 0.717) is 38.5 Å². The molecule has 0 unspecified atom stereocenters. The van der Waals surface area contributed by atoms with E-state index in [9.17, 15) is 9.59 Å². The summed E-state index contributed by atoms with van der Waals surface area (Å²) in [6, 6.07) is 0. The van der Waals surface area contributed by atoms with Crippen LogP contribution in [-0.4, -0.2) is 49.6 Å². The van der Waals surface area contributed by atoms with Gasteiger partial charge in [-0.05, 0) is 41.0 Å². The van der Waals surface area contributed by atoms with Crippen LogP contribution >= 0.6 is 0 Å². The fourth-order valence-corrected chi connectivity index (χ4v) is 1.62. The molecule has 0 saturated heterocycles. The molecule has 0 heterocycles. The standard InChI is InChI=1S/C15H30N4O3/c1-6-16-14(17-10-8-9-13(21)22-7-2)18-11-12(20)19-15(3,4)5/h6-11H2,1-5H3,(H,19,20)(H2,16,17,18). The molecule has 0 spiro atoms. The number of esters is 1. The quantitative estimate of drug-likeness (QED) is 0.267. The van der Waals surface area contributed by atoms with Crippen molar-refractivity contribution in [1.82, 2.24) is 16.0 Å². The second kappa shape index (κ2) is 10.9. The van der Waals surface area contributed by atoms with Gasteiger partial charge in [-0.25, -0.2) is 4.99 Å². The van der Waals surface area contributed by atoms with Gasteiger partial charge in [0.1, 0.15) is 6.54 Å². The average molecular weight is 314 g/mol. The number of guanidine groups is 1. The number of rotatable bonds is 8. The topological polar surface area (TPSA) is 91.8 Å². The minimum Gasteiger partial charge on any atom is -0.466 e. The van der Waals surface area contributed by atoms with Crippen LogP contribution < -0.4 is 16.0 Å². The summed E-state index contributed by atoms with van der Waals surface area (Å²) in [5.41, 5.74) is -0.266. The van der Waals surface area contributed by atoms with Gasteiger partial charge in [0.05, 0.1) is 6.61 Å². The number of hydrogen-bond donors (Lipinski definition) is 3. The van der Waals surface area contributed by atoms with Crippen molar-refractivity contribution in [2.24, 2.45) is 4.99 Å². The van der Waals surface area contributed by atoms with Crippen LogP contribution in [0.15, 0.2) is 4.99 Å². The largest absolute Gasteiger partial charge is 0.466 e. The number of amides is 1. The van der Waals surface area contributed by atoms with Gasteiger partial charge in [0, 0.05) is 25.0 Å². The van der Waals surface area contributed by atoms with Gasteiger partial charge >= 0.3 is 5.97 Å². The summed E-state index contributed by atoms with van der Waals surface area (Å²) in [6.07, 6.45) is 1.02. The molecule has 0 saturated carbocycles. The van der Waals surface area contributed by atoms with Crippen LogP contribution in [0.1, 0.15) is 47.5 Å². The van der Waals surface area contributed by atoms with Gasteiger partial charge in [-0.1, -0.05) is 0 Å². The SMILES string of the molecule is CCNC(=NCC(=O)NC(C)(C)C)NCCCC(=O)OCC. The van der Waals surface area contributed by atoms with Crippen molar-refractivity contribution in [1.29, 1.82) is 0 Å². The van der Waals surface area contributed by atoms with E-state index in [1.165, 1.54) is 0 Å². The first-order chi connectivity index (χ1) is 10.3. The third kappa shape index (κ3) is 12.0. The van der Waals surface area contributed by atoms with Crippen molar-refractivity contribution in [3.05, 3.63) is 0 Å². The number of carbonyl (C=O) groups is 2. The van der Waals surface area contributed by atoms with Crippen molar-refractivity contribution < 1.29 is 14.3 Å². The highest BCUT2D eigenvalue weighted by Crippen LogP contribution is 1.97. The average Bonchev–Trinajstić information content (AvgIpc) is 2.39. The zero-order chi connectivity index (χ0) is 17.0. The van der Waals surface area contributed by atoms with Gasteiger partial charge in [0.25, 0.3) is 0 Å². The van der Waals surface area contributed by atoms with Gasteiger partial charge in [-0.15, -0.1) is 0 Å². The van der Waals surface area contributed by atoms with Gasteiger partial charge in [0.2, 0.25) is 5.91 Å². The van der Waals surface area contributed by atoms with Crippen molar-refractivity contribution in [3.63, 3.8) is 0 Å². The van der Waals surface area contributed by atoms with E-state index in [-0.39, 0.29) is 24.0 Å². The molecule has 0 radical (unpaired) electrons. The Morgan fingerprint density at radius 3 is 2.36 bits per heavy atom. The summed E-state index contributed by atoms with van der Waals surface area (Å²) in [6.45, 7) is 11.3. The van der Waals surface area contributed by atoms with E-state index < -0.39 is 0 Å². The molecule has 22 heavy (non-hydrogen) atoms. The Morgan fingerprint density at radius 1 is 1.14 bits per heavy atom. The fourth-order valence-electron chi connectivity index (χ4n) is 1.62. The van der Waals surface area contributed by atoms with Crippen molar-refractivity contribution in [2.45, 2.75) is 53.0 Å². The second-order valence-corrected chi connectivity index (χ2v) is 5.83. The van der Waals surface area contributed by atoms with Crippen LogP contribution in [-0.2, 0) is 14.3 Å². The minimum absolute atomic E-state index is 0.0600. The summed E-state index contributed by atoms with van der Waals surface area (Å²) in [7, 11) is 0. The van der Waals surface area contributed by atoms with Crippen LogP contribution in [0.5, 0.6) is 0 Å². The van der Waals surface area contributed by atoms with Gasteiger partial charge in [-0.3, -0.25) is 9.59 Å². The Bertz CT molecular complexity index is 375. The van der Waals surface area contributed by atoms with Crippen molar-refractivity contribution in [2.75, 3.05) is 26.2 Å². The molecule has 0 aromatic carbocycles. The lowest BCUT2D eigenvalue weighted by Crippen LogP contribution is -2.43. The third-order valence-corrected chi connectivity index (χ3v) is 2.39. The summed E-state index contributed by atoms with van der Waals surface area (Å²) < 4.78 is 4.86. The lowest BCUT2D eigenvalue weighted by molar-refractivity contribution is -0.143. The molecule has 7 heteroatoms. The van der Waals surface area contributed by atoms with Crippen LogP contribution in [0.4, 0.5) is 0 Å². The summed E-state index contributed by atoms with van der Waals surface area (Å²) in [4.78, 5) is 27.2. The van der Waals surface area contributed by atoms with E-state index in [2.05, 4.69) is 20.9 Å².